The molecule has 3 rings (SSSR count). The molecular weight excluding hydrogens is 228 g/mol. The third-order valence-electron chi connectivity index (χ3n) is 2.97. The highest BCUT2D eigenvalue weighted by Crippen LogP contribution is 2.29. The molecule has 0 aliphatic carbocycles. The van der Waals surface area contributed by atoms with Gasteiger partial charge in [0.2, 0.25) is 5.95 Å². The van der Waals surface area contributed by atoms with Crippen molar-refractivity contribution in [2.45, 2.75) is 12.8 Å². The van der Waals surface area contributed by atoms with Crippen LogP contribution in [0.1, 0.15) is 12.0 Å². The van der Waals surface area contributed by atoms with Gasteiger partial charge in [-0.15, -0.1) is 0 Å². The summed E-state index contributed by atoms with van der Waals surface area (Å²) in [7, 11) is 0. The second-order valence-electron chi connectivity index (χ2n) is 4.31. The van der Waals surface area contributed by atoms with E-state index in [0.717, 1.165) is 36.5 Å². The maximum absolute atomic E-state index is 5.68. The fraction of sp³-hybridized carbons (Fsp3) is 0.231. The number of aromatic nitrogens is 2. The van der Waals surface area contributed by atoms with Crippen LogP contribution in [0, 0.1) is 0 Å². The zero-order valence-electron chi connectivity index (χ0n) is 9.89. The van der Waals surface area contributed by atoms with Gasteiger partial charge in [0.15, 0.2) is 0 Å². The SMILES string of the molecule is Nc1cc(-c2ccc3c(c2)CCCO3)nc(N)n1. The molecule has 2 heterocycles. The number of fused-ring (bicyclic) bond motifs is 1. The van der Waals surface area contributed by atoms with Crippen LogP contribution in [0.5, 0.6) is 5.75 Å². The van der Waals surface area contributed by atoms with Gasteiger partial charge in [-0.25, -0.2) is 4.98 Å². The molecule has 0 saturated carbocycles. The molecule has 18 heavy (non-hydrogen) atoms. The zero-order valence-corrected chi connectivity index (χ0v) is 9.89. The first kappa shape index (κ1) is 10.8. The number of ether oxygens (including phenoxy) is 1. The molecule has 0 amide bonds. The van der Waals surface area contributed by atoms with Crippen LogP contribution in [0.15, 0.2) is 24.3 Å². The number of hydrogen-bond donors (Lipinski definition) is 2. The van der Waals surface area contributed by atoms with E-state index in [9.17, 15) is 0 Å². The lowest BCUT2D eigenvalue weighted by atomic mass is 10.0. The van der Waals surface area contributed by atoms with Crippen molar-refractivity contribution in [1.82, 2.24) is 9.97 Å². The Morgan fingerprint density at radius 2 is 2.00 bits per heavy atom. The van der Waals surface area contributed by atoms with Gasteiger partial charge in [0.05, 0.1) is 12.3 Å². The number of nitrogen functional groups attached to an aromatic ring is 2. The van der Waals surface area contributed by atoms with Gasteiger partial charge in [-0.3, -0.25) is 0 Å². The van der Waals surface area contributed by atoms with Gasteiger partial charge >= 0.3 is 0 Å². The summed E-state index contributed by atoms with van der Waals surface area (Å²) in [6, 6.07) is 7.74. The maximum Gasteiger partial charge on any atom is 0.222 e. The number of benzene rings is 1. The van der Waals surface area contributed by atoms with Gasteiger partial charge in [0, 0.05) is 11.6 Å². The van der Waals surface area contributed by atoms with Crippen LogP contribution < -0.4 is 16.2 Å². The largest absolute Gasteiger partial charge is 0.493 e. The first-order valence-electron chi connectivity index (χ1n) is 5.88. The van der Waals surface area contributed by atoms with Crippen molar-refractivity contribution in [1.29, 1.82) is 0 Å². The van der Waals surface area contributed by atoms with E-state index in [2.05, 4.69) is 16.0 Å². The Bertz CT molecular complexity index is 577. The average Bonchev–Trinajstić information content (AvgIpc) is 2.37. The Balaban J connectivity index is 2.06. The van der Waals surface area contributed by atoms with Crippen LogP contribution in [0.3, 0.4) is 0 Å². The van der Waals surface area contributed by atoms with Gasteiger partial charge in [-0.05, 0) is 36.6 Å². The van der Waals surface area contributed by atoms with Gasteiger partial charge in [-0.2, -0.15) is 4.98 Å². The number of rotatable bonds is 1. The summed E-state index contributed by atoms with van der Waals surface area (Å²) in [5.41, 5.74) is 14.2. The molecule has 0 fully saturated rings. The summed E-state index contributed by atoms with van der Waals surface area (Å²) in [6.45, 7) is 0.791. The van der Waals surface area contributed by atoms with Gasteiger partial charge < -0.3 is 16.2 Å². The molecule has 0 unspecified atom stereocenters. The molecule has 2 aromatic rings. The predicted molar refractivity (Wildman–Crippen MR) is 70.1 cm³/mol. The third kappa shape index (κ3) is 1.95. The van der Waals surface area contributed by atoms with Crippen LogP contribution in [-0.2, 0) is 6.42 Å². The second-order valence-corrected chi connectivity index (χ2v) is 4.31. The summed E-state index contributed by atoms with van der Waals surface area (Å²) < 4.78 is 5.58. The van der Waals surface area contributed by atoms with Crippen molar-refractivity contribution in [3.8, 4) is 17.0 Å². The Labute approximate surface area is 105 Å². The van der Waals surface area contributed by atoms with Crippen molar-refractivity contribution < 1.29 is 4.74 Å². The Morgan fingerprint density at radius 3 is 2.83 bits per heavy atom. The van der Waals surface area contributed by atoms with Crippen molar-refractivity contribution >= 4 is 11.8 Å². The third-order valence-corrected chi connectivity index (χ3v) is 2.97. The molecule has 92 valence electrons. The zero-order chi connectivity index (χ0) is 12.5. The van der Waals surface area contributed by atoms with Crippen molar-refractivity contribution in [3.05, 3.63) is 29.8 Å². The molecule has 0 radical (unpaired) electrons. The minimum Gasteiger partial charge on any atom is -0.493 e. The molecule has 5 heteroatoms. The minimum atomic E-state index is 0.193. The summed E-state index contributed by atoms with van der Waals surface area (Å²) in [6.07, 6.45) is 2.07. The summed E-state index contributed by atoms with van der Waals surface area (Å²) >= 11 is 0. The van der Waals surface area contributed by atoms with Gasteiger partial charge in [0.1, 0.15) is 11.6 Å². The number of hydrogen-bond acceptors (Lipinski definition) is 5. The van der Waals surface area contributed by atoms with E-state index >= 15 is 0 Å². The first-order valence-corrected chi connectivity index (χ1v) is 5.88. The fourth-order valence-electron chi connectivity index (χ4n) is 2.15. The molecule has 5 nitrogen and oxygen atoms in total. The normalized spacial score (nSPS) is 13.8. The fourth-order valence-corrected chi connectivity index (χ4v) is 2.15. The highest BCUT2D eigenvalue weighted by molar-refractivity contribution is 5.65. The molecule has 1 aliphatic rings. The average molecular weight is 242 g/mol. The summed E-state index contributed by atoms with van der Waals surface area (Å²) in [4.78, 5) is 8.07. The minimum absolute atomic E-state index is 0.193. The molecule has 0 saturated heterocycles. The molecule has 1 aromatic carbocycles. The van der Waals surface area contributed by atoms with Crippen molar-refractivity contribution in [2.24, 2.45) is 0 Å². The van der Waals surface area contributed by atoms with E-state index in [0.29, 0.717) is 5.82 Å². The lowest BCUT2D eigenvalue weighted by molar-refractivity contribution is 0.288. The summed E-state index contributed by atoms with van der Waals surface area (Å²) in [5.74, 6) is 1.53. The topological polar surface area (TPSA) is 87.0 Å². The van der Waals surface area contributed by atoms with Crippen LogP contribution >= 0.6 is 0 Å². The van der Waals surface area contributed by atoms with Crippen molar-refractivity contribution in [2.75, 3.05) is 18.1 Å². The van der Waals surface area contributed by atoms with Crippen LogP contribution in [-0.4, -0.2) is 16.6 Å². The molecule has 0 bridgehead atoms. The molecule has 1 aliphatic heterocycles. The maximum atomic E-state index is 5.68. The summed E-state index contributed by atoms with van der Waals surface area (Å²) in [5, 5.41) is 0. The molecule has 0 spiro atoms. The molecule has 0 atom stereocenters. The Kier molecular flexibility index (Phi) is 2.51. The van der Waals surface area contributed by atoms with E-state index in [-0.39, 0.29) is 5.95 Å². The lowest BCUT2D eigenvalue weighted by Crippen LogP contribution is -2.08. The monoisotopic (exact) mass is 242 g/mol. The quantitative estimate of drug-likeness (QED) is 0.793. The Hall–Kier alpha value is -2.30. The van der Waals surface area contributed by atoms with Crippen molar-refractivity contribution in [3.63, 3.8) is 0 Å². The van der Waals surface area contributed by atoms with Gasteiger partial charge in [-0.1, -0.05) is 0 Å². The number of aryl methyl sites for hydroxylation is 1. The van der Waals surface area contributed by atoms with E-state index in [1.165, 1.54) is 5.56 Å². The standard InChI is InChI=1S/C13H14N4O/c14-12-7-10(16-13(15)17-12)8-3-4-11-9(6-8)2-1-5-18-11/h3-4,6-7H,1-2,5H2,(H4,14,15,16,17). The van der Waals surface area contributed by atoms with Crippen LogP contribution in [0.25, 0.3) is 11.3 Å². The number of anilines is 2. The molecule has 4 N–H and O–H groups in total. The Morgan fingerprint density at radius 1 is 1.11 bits per heavy atom. The molecular formula is C13H14N4O. The number of nitrogens with zero attached hydrogens (tertiary/aromatic N) is 2. The van der Waals surface area contributed by atoms with E-state index in [4.69, 9.17) is 16.2 Å². The van der Waals surface area contributed by atoms with Gasteiger partial charge in [0.25, 0.3) is 0 Å². The van der Waals surface area contributed by atoms with E-state index in [1.807, 2.05) is 12.1 Å². The second kappa shape index (κ2) is 4.18. The highest BCUT2D eigenvalue weighted by Gasteiger charge is 2.12. The predicted octanol–water partition coefficient (Wildman–Crippen LogP) is 1.63. The van der Waals surface area contributed by atoms with E-state index in [1.54, 1.807) is 6.07 Å². The van der Waals surface area contributed by atoms with E-state index < -0.39 is 0 Å². The first-order chi connectivity index (χ1) is 8.72. The van der Waals surface area contributed by atoms with Crippen LogP contribution in [0.4, 0.5) is 11.8 Å². The molecule has 1 aromatic heterocycles. The smallest absolute Gasteiger partial charge is 0.222 e. The number of nitrogens with two attached hydrogens (primary N) is 2. The van der Waals surface area contributed by atoms with Crippen LogP contribution in [0.2, 0.25) is 0 Å². The highest BCUT2D eigenvalue weighted by atomic mass is 16.5. The lowest BCUT2D eigenvalue weighted by Gasteiger charge is -2.17.